The first-order valence-corrected chi connectivity index (χ1v) is 25.4. The third-order valence-corrected chi connectivity index (χ3v) is 17.0. The van der Waals surface area contributed by atoms with Crippen LogP contribution in [0, 0.1) is 13.8 Å². The van der Waals surface area contributed by atoms with Crippen molar-refractivity contribution in [1.29, 1.82) is 0 Å². The summed E-state index contributed by atoms with van der Waals surface area (Å²) in [6.07, 6.45) is 4.55. The molecule has 0 atom stereocenters. The molecule has 0 amide bonds. The van der Waals surface area contributed by atoms with Gasteiger partial charge in [0.2, 0.25) is 0 Å². The fourth-order valence-corrected chi connectivity index (χ4v) is 12.5. The Bertz CT molecular complexity index is 3350. The topological polar surface area (TPSA) is 19.6 Å². The molecular formula is C64H73BN2O. The molecule has 1 aromatic heterocycles. The molecule has 6 aromatic carbocycles. The highest BCUT2D eigenvalue weighted by Gasteiger charge is 2.49. The minimum atomic E-state index is -2.20. The van der Waals surface area contributed by atoms with E-state index < -0.39 is 6.85 Å². The zero-order valence-electron chi connectivity index (χ0n) is 46.5. The number of hydrogen-bond acceptors (Lipinski definition) is 3. The van der Waals surface area contributed by atoms with Crippen molar-refractivity contribution < 1.29 is 8.53 Å². The van der Waals surface area contributed by atoms with Crippen LogP contribution in [0.2, 0.25) is 0 Å². The van der Waals surface area contributed by atoms with Crippen LogP contribution in [-0.2, 0) is 32.5 Å². The van der Waals surface area contributed by atoms with Gasteiger partial charge in [0, 0.05) is 37.8 Å². The van der Waals surface area contributed by atoms with Crippen molar-refractivity contribution in [2.75, 3.05) is 9.80 Å². The summed E-state index contributed by atoms with van der Waals surface area (Å²) in [4.78, 5) is 5.10. The van der Waals surface area contributed by atoms with Gasteiger partial charge in [-0.2, -0.15) is 0 Å². The zero-order chi connectivity index (χ0) is 50.9. The van der Waals surface area contributed by atoms with Gasteiger partial charge in [-0.1, -0.05) is 151 Å². The summed E-state index contributed by atoms with van der Waals surface area (Å²) in [6.45, 7) is 32.9. The lowest BCUT2D eigenvalue weighted by atomic mass is 9.35. The van der Waals surface area contributed by atoms with E-state index in [4.69, 9.17) is 8.53 Å². The summed E-state index contributed by atoms with van der Waals surface area (Å²) in [5.74, 6) is 0. The number of benzene rings is 6. The van der Waals surface area contributed by atoms with Crippen molar-refractivity contribution in [2.24, 2.45) is 0 Å². The predicted octanol–water partition coefficient (Wildman–Crippen LogP) is 16.1. The molecule has 68 heavy (non-hydrogen) atoms. The highest BCUT2D eigenvalue weighted by molar-refractivity contribution is 7.00. The van der Waals surface area contributed by atoms with Crippen molar-refractivity contribution in [1.82, 2.24) is 0 Å². The second-order valence-electron chi connectivity index (χ2n) is 25.9. The summed E-state index contributed by atoms with van der Waals surface area (Å²) in [6, 6.07) is 38.8. The Morgan fingerprint density at radius 2 is 1.07 bits per heavy atom. The van der Waals surface area contributed by atoms with E-state index in [2.05, 4.69) is 193 Å². The molecule has 2 aliphatic heterocycles. The first-order chi connectivity index (χ1) is 33.0. The molecule has 0 saturated carbocycles. The van der Waals surface area contributed by atoms with Crippen LogP contribution in [0.15, 0.2) is 108 Å². The molecule has 348 valence electrons. The lowest BCUT2D eigenvalue weighted by Gasteiger charge is -2.45. The number of nitrogens with zero attached hydrogens (tertiary/aromatic N) is 2. The Balaban J connectivity index is 1.26. The molecule has 4 aliphatic rings. The average molecular weight is 900 g/mol. The van der Waals surface area contributed by atoms with E-state index in [1.54, 1.807) is 12.1 Å². The van der Waals surface area contributed by atoms with Crippen LogP contribution in [0.1, 0.15) is 171 Å². The van der Waals surface area contributed by atoms with Crippen molar-refractivity contribution in [2.45, 2.75) is 169 Å². The molecule has 0 radical (unpaired) electrons. The van der Waals surface area contributed by atoms with E-state index in [0.29, 0.717) is 5.56 Å². The van der Waals surface area contributed by atoms with Crippen LogP contribution in [0.25, 0.3) is 22.1 Å². The first-order valence-electron chi connectivity index (χ1n) is 26.9. The molecule has 0 saturated heterocycles. The van der Waals surface area contributed by atoms with Crippen molar-refractivity contribution in [3.8, 4) is 11.1 Å². The van der Waals surface area contributed by atoms with Gasteiger partial charge in [0.05, 0.1) is 17.0 Å². The van der Waals surface area contributed by atoms with E-state index >= 15 is 0 Å². The fourth-order valence-electron chi connectivity index (χ4n) is 12.5. The SMILES string of the molecule is [2H]C([2H])([2H])c1ccc(-c2cc(C(C)(C)C)ccc2N2c3ccc(C(C)(C)C)cc3B3c4oc5cc6c(cc5c4N(c4ccc5c(c4)C(C)(C)CCC5(C)C)c4cc(C)cc2c43)C(C)(C)CCC6(C)C)cc1. The Labute approximate surface area is 412 Å². The maximum atomic E-state index is 8.21. The van der Waals surface area contributed by atoms with E-state index in [1.807, 2.05) is 12.1 Å². The van der Waals surface area contributed by atoms with Crippen LogP contribution < -0.4 is 26.4 Å². The van der Waals surface area contributed by atoms with Gasteiger partial charge in [0.1, 0.15) is 5.58 Å². The highest BCUT2D eigenvalue weighted by Crippen LogP contribution is 2.54. The van der Waals surface area contributed by atoms with Gasteiger partial charge in [-0.3, -0.25) is 0 Å². The van der Waals surface area contributed by atoms with Crippen LogP contribution in [0.4, 0.5) is 34.1 Å². The van der Waals surface area contributed by atoms with Gasteiger partial charge in [0.25, 0.3) is 6.71 Å². The van der Waals surface area contributed by atoms with Gasteiger partial charge >= 0.3 is 0 Å². The molecule has 0 N–H and O–H groups in total. The summed E-state index contributed by atoms with van der Waals surface area (Å²) in [7, 11) is 0. The maximum Gasteiger partial charge on any atom is 0.297 e. The quantitative estimate of drug-likeness (QED) is 0.165. The van der Waals surface area contributed by atoms with E-state index in [1.165, 1.54) is 60.9 Å². The largest absolute Gasteiger partial charge is 0.468 e. The minimum absolute atomic E-state index is 0.0115. The second kappa shape index (κ2) is 14.5. The first kappa shape index (κ1) is 41.5. The maximum absolute atomic E-state index is 8.21. The van der Waals surface area contributed by atoms with Gasteiger partial charge in [-0.25, -0.2) is 0 Å². The highest BCUT2D eigenvalue weighted by atomic mass is 16.3. The summed E-state index contributed by atoms with van der Waals surface area (Å²) < 4.78 is 32.3. The third-order valence-electron chi connectivity index (χ3n) is 17.0. The van der Waals surface area contributed by atoms with E-state index in [-0.39, 0.29) is 39.2 Å². The second-order valence-corrected chi connectivity index (χ2v) is 25.9. The molecule has 0 unspecified atom stereocenters. The molecule has 11 rings (SSSR count). The number of rotatable bonds is 3. The third kappa shape index (κ3) is 6.80. The Morgan fingerprint density at radius 1 is 0.529 bits per heavy atom. The smallest absolute Gasteiger partial charge is 0.297 e. The molecule has 0 spiro atoms. The minimum Gasteiger partial charge on any atom is -0.468 e. The van der Waals surface area contributed by atoms with Crippen LogP contribution in [-0.4, -0.2) is 6.71 Å². The van der Waals surface area contributed by atoms with Crippen molar-refractivity contribution in [3.63, 3.8) is 0 Å². The summed E-state index contributed by atoms with van der Waals surface area (Å²) in [5, 5.41) is 1.17. The number of hydrogen-bond donors (Lipinski definition) is 0. The molecule has 7 aromatic rings. The zero-order valence-corrected chi connectivity index (χ0v) is 43.5. The van der Waals surface area contributed by atoms with Crippen molar-refractivity contribution >= 4 is 68.4 Å². The Kier molecular flexibility index (Phi) is 8.87. The van der Waals surface area contributed by atoms with Gasteiger partial charge in [-0.15, -0.1) is 0 Å². The molecule has 0 fully saturated rings. The lowest BCUT2D eigenvalue weighted by molar-refractivity contribution is 0.332. The monoisotopic (exact) mass is 900 g/mol. The average Bonchev–Trinajstić information content (AvgIpc) is 3.66. The van der Waals surface area contributed by atoms with Gasteiger partial charge in [-0.05, 0) is 182 Å². The van der Waals surface area contributed by atoms with E-state index in [9.17, 15) is 0 Å². The number of aryl methyl sites for hydroxylation is 2. The summed E-state index contributed by atoms with van der Waals surface area (Å²) >= 11 is 0. The normalized spacial score (nSPS) is 19.3. The van der Waals surface area contributed by atoms with Gasteiger partial charge in [0.15, 0.2) is 0 Å². The molecule has 0 bridgehead atoms. The lowest BCUT2D eigenvalue weighted by Crippen LogP contribution is -2.61. The van der Waals surface area contributed by atoms with Crippen LogP contribution >= 0.6 is 0 Å². The molecular weight excluding hydrogens is 824 g/mol. The standard InChI is InChI=1S/C64H73BN2O/c1-38-17-19-40(20-18-38)44-33-41(59(3,4)5)21-25-51(44)67-52-26-22-42(60(6,7)8)34-50(52)65-56-53(31-39(2)32-54(56)67)66(43-23-24-46-47(35-43)62(11,12)28-27-61(46,9)10)57-45-36-48-49(37-55(45)68-58(57)65)64(15,16)30-29-63(48,13)14/h17-26,31-37H,27-30H2,1-16H3/i1D3. The van der Waals surface area contributed by atoms with Crippen LogP contribution in [0.3, 0.4) is 0 Å². The van der Waals surface area contributed by atoms with Crippen molar-refractivity contribution in [3.05, 3.63) is 148 Å². The Hall–Kier alpha value is -5.48. The molecule has 2 aliphatic carbocycles. The predicted molar refractivity (Wildman–Crippen MR) is 293 cm³/mol. The molecule has 4 heteroatoms. The molecule has 3 heterocycles. The number of anilines is 6. The number of fused-ring (bicyclic) bond motifs is 8. The summed E-state index contributed by atoms with van der Waals surface area (Å²) in [5.41, 5.74) is 22.8. The van der Waals surface area contributed by atoms with Gasteiger partial charge < -0.3 is 14.2 Å². The molecule has 3 nitrogen and oxygen atoms in total. The van der Waals surface area contributed by atoms with E-state index in [0.717, 1.165) is 76.5 Å². The fraction of sp³-hybridized carbons (Fsp3) is 0.406. The Morgan fingerprint density at radius 3 is 1.68 bits per heavy atom. The van der Waals surface area contributed by atoms with Crippen LogP contribution in [0.5, 0.6) is 0 Å². The number of furan rings is 1.